The quantitative estimate of drug-likeness (QED) is 0.800. The van der Waals surface area contributed by atoms with E-state index in [9.17, 15) is 4.79 Å². The Morgan fingerprint density at radius 1 is 1.82 bits per heavy atom. The maximum atomic E-state index is 10.6. The molecule has 1 atom stereocenters. The van der Waals surface area contributed by atoms with Gasteiger partial charge >= 0.3 is 5.97 Å². The molecule has 0 aromatic carbocycles. The van der Waals surface area contributed by atoms with E-state index in [1.165, 1.54) is 11.3 Å². The van der Waals surface area contributed by atoms with E-state index in [-0.39, 0.29) is 4.83 Å². The van der Waals surface area contributed by atoms with Crippen molar-refractivity contribution in [3.8, 4) is 0 Å². The van der Waals surface area contributed by atoms with Crippen molar-refractivity contribution in [1.82, 2.24) is 0 Å². The Kier molecular flexibility index (Phi) is 2.67. The molecule has 11 heavy (non-hydrogen) atoms. The molecule has 0 aliphatic heterocycles. The van der Waals surface area contributed by atoms with Gasteiger partial charge in [0.2, 0.25) is 0 Å². The van der Waals surface area contributed by atoms with Gasteiger partial charge in [0.05, 0.1) is 0 Å². The zero-order chi connectivity index (χ0) is 8.43. The van der Waals surface area contributed by atoms with Gasteiger partial charge in [-0.05, 0) is 23.9 Å². The molecule has 1 aromatic rings. The van der Waals surface area contributed by atoms with Gasteiger partial charge in [-0.3, -0.25) is 0 Å². The SMILES string of the molecule is CC(Br)c1ccsc1C(=O)O. The number of thiophene rings is 1. The van der Waals surface area contributed by atoms with Gasteiger partial charge < -0.3 is 5.11 Å². The smallest absolute Gasteiger partial charge is 0.346 e. The predicted molar refractivity (Wildman–Crippen MR) is 48.6 cm³/mol. The van der Waals surface area contributed by atoms with Gasteiger partial charge in [-0.2, -0.15) is 0 Å². The van der Waals surface area contributed by atoms with Gasteiger partial charge in [0.25, 0.3) is 0 Å². The molecule has 0 fully saturated rings. The molecule has 60 valence electrons. The van der Waals surface area contributed by atoms with Crippen molar-refractivity contribution in [2.24, 2.45) is 0 Å². The first-order chi connectivity index (χ1) is 5.13. The monoisotopic (exact) mass is 234 g/mol. The summed E-state index contributed by atoms with van der Waals surface area (Å²) in [7, 11) is 0. The first kappa shape index (κ1) is 8.74. The Labute approximate surface area is 77.0 Å². The average molecular weight is 235 g/mol. The summed E-state index contributed by atoms with van der Waals surface area (Å²) in [6.07, 6.45) is 0. The third-order valence-electron chi connectivity index (χ3n) is 1.32. The molecule has 0 amide bonds. The molecular weight excluding hydrogens is 228 g/mol. The molecule has 0 spiro atoms. The lowest BCUT2D eigenvalue weighted by Crippen LogP contribution is -1.97. The topological polar surface area (TPSA) is 37.3 Å². The Morgan fingerprint density at radius 2 is 2.45 bits per heavy atom. The average Bonchev–Trinajstić information content (AvgIpc) is 2.32. The van der Waals surface area contributed by atoms with Crippen molar-refractivity contribution >= 4 is 33.2 Å². The number of aromatic carboxylic acids is 1. The fraction of sp³-hybridized carbons (Fsp3) is 0.286. The third-order valence-corrected chi connectivity index (χ3v) is 2.73. The lowest BCUT2D eigenvalue weighted by molar-refractivity contribution is 0.0701. The van der Waals surface area contributed by atoms with Crippen LogP contribution < -0.4 is 0 Å². The highest BCUT2D eigenvalue weighted by Crippen LogP contribution is 2.28. The van der Waals surface area contributed by atoms with Crippen LogP contribution in [0.1, 0.15) is 27.0 Å². The van der Waals surface area contributed by atoms with Crippen LogP contribution in [-0.4, -0.2) is 11.1 Å². The number of carboxylic acid groups (broad SMARTS) is 1. The molecule has 4 heteroatoms. The molecule has 1 rings (SSSR count). The zero-order valence-electron chi connectivity index (χ0n) is 5.87. The van der Waals surface area contributed by atoms with E-state index in [2.05, 4.69) is 15.9 Å². The van der Waals surface area contributed by atoms with Crippen LogP contribution in [0.5, 0.6) is 0 Å². The standard InChI is InChI=1S/C7H7BrO2S/c1-4(8)5-2-3-11-6(5)7(9)10/h2-4H,1H3,(H,9,10). The zero-order valence-corrected chi connectivity index (χ0v) is 8.28. The highest BCUT2D eigenvalue weighted by molar-refractivity contribution is 9.09. The second-order valence-electron chi connectivity index (χ2n) is 2.13. The fourth-order valence-electron chi connectivity index (χ4n) is 0.806. The molecule has 0 aliphatic carbocycles. The molecule has 0 bridgehead atoms. The molecular formula is C7H7BrO2S. The molecule has 1 aromatic heterocycles. The van der Waals surface area contributed by atoms with Gasteiger partial charge in [-0.1, -0.05) is 15.9 Å². The first-order valence-electron chi connectivity index (χ1n) is 3.07. The van der Waals surface area contributed by atoms with Gasteiger partial charge in [-0.15, -0.1) is 11.3 Å². The normalized spacial score (nSPS) is 12.9. The van der Waals surface area contributed by atoms with Crippen LogP contribution in [0.3, 0.4) is 0 Å². The Hall–Kier alpha value is -0.350. The number of alkyl halides is 1. The Balaban J connectivity index is 3.06. The second kappa shape index (κ2) is 3.36. The van der Waals surface area contributed by atoms with E-state index in [0.29, 0.717) is 4.88 Å². The van der Waals surface area contributed by atoms with Crippen molar-refractivity contribution in [3.05, 3.63) is 21.9 Å². The van der Waals surface area contributed by atoms with Gasteiger partial charge in [0, 0.05) is 4.83 Å². The lowest BCUT2D eigenvalue weighted by atomic mass is 10.2. The number of halogens is 1. The van der Waals surface area contributed by atoms with E-state index in [1.54, 1.807) is 5.38 Å². The maximum Gasteiger partial charge on any atom is 0.346 e. The summed E-state index contributed by atoms with van der Waals surface area (Å²) in [6.45, 7) is 1.91. The van der Waals surface area contributed by atoms with E-state index in [4.69, 9.17) is 5.11 Å². The summed E-state index contributed by atoms with van der Waals surface area (Å²) in [5.41, 5.74) is 0.850. The fourth-order valence-corrected chi connectivity index (χ4v) is 2.17. The number of hydrogen-bond acceptors (Lipinski definition) is 2. The van der Waals surface area contributed by atoms with Crippen molar-refractivity contribution < 1.29 is 9.90 Å². The highest BCUT2D eigenvalue weighted by Gasteiger charge is 2.14. The minimum atomic E-state index is -0.846. The summed E-state index contributed by atoms with van der Waals surface area (Å²) in [5, 5.41) is 10.5. The van der Waals surface area contributed by atoms with E-state index >= 15 is 0 Å². The Bertz CT molecular complexity index is 267. The second-order valence-corrected chi connectivity index (χ2v) is 4.42. The molecule has 0 saturated heterocycles. The third kappa shape index (κ3) is 1.81. The number of hydrogen-bond donors (Lipinski definition) is 1. The summed E-state index contributed by atoms with van der Waals surface area (Å²) in [6, 6.07) is 1.83. The predicted octanol–water partition coefficient (Wildman–Crippen LogP) is 2.90. The van der Waals surface area contributed by atoms with Crippen molar-refractivity contribution in [1.29, 1.82) is 0 Å². The minimum Gasteiger partial charge on any atom is -0.477 e. The lowest BCUT2D eigenvalue weighted by Gasteiger charge is -2.00. The largest absolute Gasteiger partial charge is 0.477 e. The van der Waals surface area contributed by atoms with Crippen LogP contribution in [0.15, 0.2) is 11.4 Å². The molecule has 0 radical (unpaired) electrons. The van der Waals surface area contributed by atoms with Crippen LogP contribution in [-0.2, 0) is 0 Å². The van der Waals surface area contributed by atoms with E-state index in [0.717, 1.165) is 5.56 Å². The number of rotatable bonds is 2. The van der Waals surface area contributed by atoms with Gasteiger partial charge in [0.15, 0.2) is 0 Å². The first-order valence-corrected chi connectivity index (χ1v) is 4.87. The van der Waals surface area contributed by atoms with Crippen LogP contribution >= 0.6 is 27.3 Å². The molecule has 0 saturated carbocycles. The van der Waals surface area contributed by atoms with Gasteiger partial charge in [0.1, 0.15) is 4.88 Å². The van der Waals surface area contributed by atoms with Crippen molar-refractivity contribution in [3.63, 3.8) is 0 Å². The molecule has 1 heterocycles. The summed E-state index contributed by atoms with van der Waals surface area (Å²) in [4.78, 5) is 11.1. The van der Waals surface area contributed by atoms with E-state index < -0.39 is 5.97 Å². The van der Waals surface area contributed by atoms with E-state index in [1.807, 2.05) is 13.0 Å². The molecule has 1 unspecified atom stereocenters. The van der Waals surface area contributed by atoms with Crippen LogP contribution in [0.2, 0.25) is 0 Å². The molecule has 2 nitrogen and oxygen atoms in total. The number of carbonyl (C=O) groups is 1. The van der Waals surface area contributed by atoms with Crippen LogP contribution in [0.4, 0.5) is 0 Å². The van der Waals surface area contributed by atoms with Crippen LogP contribution in [0, 0.1) is 0 Å². The highest BCUT2D eigenvalue weighted by atomic mass is 79.9. The summed E-state index contributed by atoms with van der Waals surface area (Å²) >= 11 is 4.58. The maximum absolute atomic E-state index is 10.6. The molecule has 0 aliphatic rings. The van der Waals surface area contributed by atoms with Crippen molar-refractivity contribution in [2.45, 2.75) is 11.8 Å². The van der Waals surface area contributed by atoms with Gasteiger partial charge in [-0.25, -0.2) is 4.79 Å². The van der Waals surface area contributed by atoms with Crippen molar-refractivity contribution in [2.75, 3.05) is 0 Å². The van der Waals surface area contributed by atoms with Crippen LogP contribution in [0.25, 0.3) is 0 Å². The Morgan fingerprint density at radius 3 is 2.82 bits per heavy atom. The number of carboxylic acids is 1. The summed E-state index contributed by atoms with van der Waals surface area (Å²) < 4.78 is 0. The summed E-state index contributed by atoms with van der Waals surface area (Å²) in [5.74, 6) is -0.846. The minimum absolute atomic E-state index is 0.111. The molecule has 1 N–H and O–H groups in total.